The summed E-state index contributed by atoms with van der Waals surface area (Å²) >= 11 is 0. The van der Waals surface area contributed by atoms with E-state index in [1.54, 1.807) is 0 Å². The van der Waals surface area contributed by atoms with Crippen molar-refractivity contribution in [1.29, 1.82) is 0 Å². The number of nitrogens with two attached hydrogens (primary N) is 1. The normalized spacial score (nSPS) is 10.5. The molecule has 0 bridgehead atoms. The van der Waals surface area contributed by atoms with Crippen molar-refractivity contribution < 1.29 is 0 Å². The summed E-state index contributed by atoms with van der Waals surface area (Å²) in [5.41, 5.74) is 9.21. The van der Waals surface area contributed by atoms with Crippen LogP contribution in [0.25, 0.3) is 0 Å². The van der Waals surface area contributed by atoms with E-state index in [4.69, 9.17) is 5.73 Å². The van der Waals surface area contributed by atoms with Crippen LogP contribution in [-0.4, -0.2) is 0 Å². The van der Waals surface area contributed by atoms with Gasteiger partial charge in [-0.15, -0.1) is 0 Å². The Balaban J connectivity index is 3.13. The third-order valence-corrected chi connectivity index (χ3v) is 1.93. The predicted octanol–water partition coefficient (Wildman–Crippen LogP) is 2.70. The van der Waals surface area contributed by atoms with Crippen molar-refractivity contribution in [1.82, 2.24) is 0 Å². The SMILES string of the molecule is Cc1ccc(N)cc1C(C)C. The molecule has 1 heteroatoms. The molecule has 60 valence electrons. The van der Waals surface area contributed by atoms with Crippen molar-refractivity contribution in [3.05, 3.63) is 29.3 Å². The van der Waals surface area contributed by atoms with E-state index in [-0.39, 0.29) is 0 Å². The summed E-state index contributed by atoms with van der Waals surface area (Å²) in [7, 11) is 0. The Morgan fingerprint density at radius 1 is 1.27 bits per heavy atom. The van der Waals surface area contributed by atoms with Gasteiger partial charge in [0.1, 0.15) is 0 Å². The third-order valence-electron chi connectivity index (χ3n) is 1.93. The zero-order chi connectivity index (χ0) is 8.43. The molecule has 0 unspecified atom stereocenters. The largest absolute Gasteiger partial charge is 0.399 e. The first kappa shape index (κ1) is 8.12. The molecule has 1 rings (SSSR count). The van der Waals surface area contributed by atoms with Crippen LogP contribution in [0.1, 0.15) is 30.9 Å². The van der Waals surface area contributed by atoms with Crippen LogP contribution in [0.5, 0.6) is 0 Å². The second kappa shape index (κ2) is 2.95. The van der Waals surface area contributed by atoms with E-state index in [2.05, 4.69) is 32.9 Å². The molecule has 0 aliphatic heterocycles. The standard InChI is InChI=1S/C10H15N/c1-7(2)10-6-9(11)5-4-8(10)3/h4-7H,11H2,1-3H3. The zero-order valence-electron chi connectivity index (χ0n) is 7.39. The van der Waals surface area contributed by atoms with E-state index < -0.39 is 0 Å². The van der Waals surface area contributed by atoms with Gasteiger partial charge in [0.2, 0.25) is 0 Å². The lowest BCUT2D eigenvalue weighted by Gasteiger charge is -2.09. The molecule has 1 aromatic carbocycles. The maximum absolute atomic E-state index is 5.67. The third kappa shape index (κ3) is 1.73. The van der Waals surface area contributed by atoms with Crippen molar-refractivity contribution >= 4 is 5.69 Å². The van der Waals surface area contributed by atoms with Gasteiger partial charge in [-0.1, -0.05) is 19.9 Å². The molecule has 0 aliphatic rings. The molecular formula is C10H15N. The molecule has 1 nitrogen and oxygen atoms in total. The molecule has 0 aliphatic carbocycles. The van der Waals surface area contributed by atoms with Gasteiger partial charge in [-0.05, 0) is 36.1 Å². The summed E-state index contributed by atoms with van der Waals surface area (Å²) in [6, 6.07) is 6.08. The summed E-state index contributed by atoms with van der Waals surface area (Å²) < 4.78 is 0. The molecule has 0 spiro atoms. The number of hydrogen-bond acceptors (Lipinski definition) is 1. The van der Waals surface area contributed by atoms with E-state index in [0.29, 0.717) is 5.92 Å². The summed E-state index contributed by atoms with van der Waals surface area (Å²) in [5.74, 6) is 0.568. The summed E-state index contributed by atoms with van der Waals surface area (Å²) in [6.45, 7) is 6.48. The molecule has 0 heterocycles. The predicted molar refractivity (Wildman–Crippen MR) is 49.7 cm³/mol. The van der Waals surface area contributed by atoms with Gasteiger partial charge in [0.05, 0.1) is 0 Å². The van der Waals surface area contributed by atoms with E-state index in [1.165, 1.54) is 11.1 Å². The average molecular weight is 149 g/mol. The maximum Gasteiger partial charge on any atom is 0.0317 e. The highest BCUT2D eigenvalue weighted by Crippen LogP contribution is 2.20. The monoisotopic (exact) mass is 149 g/mol. The molecule has 0 aromatic heterocycles. The number of benzene rings is 1. The molecule has 0 atom stereocenters. The van der Waals surface area contributed by atoms with Crippen LogP contribution in [0.15, 0.2) is 18.2 Å². The molecule has 0 radical (unpaired) electrons. The highest BCUT2D eigenvalue weighted by atomic mass is 14.5. The molecule has 1 aromatic rings. The number of aryl methyl sites for hydroxylation is 1. The van der Waals surface area contributed by atoms with Gasteiger partial charge >= 0.3 is 0 Å². The van der Waals surface area contributed by atoms with Gasteiger partial charge in [0.15, 0.2) is 0 Å². The molecule has 0 fully saturated rings. The fourth-order valence-electron chi connectivity index (χ4n) is 1.28. The lowest BCUT2D eigenvalue weighted by Crippen LogP contribution is -1.94. The van der Waals surface area contributed by atoms with Crippen molar-refractivity contribution in [2.45, 2.75) is 26.7 Å². The Labute approximate surface area is 68.2 Å². The summed E-state index contributed by atoms with van der Waals surface area (Å²) in [4.78, 5) is 0. The maximum atomic E-state index is 5.67. The van der Waals surface area contributed by atoms with Crippen molar-refractivity contribution in [2.75, 3.05) is 5.73 Å². The van der Waals surface area contributed by atoms with Gasteiger partial charge in [-0.2, -0.15) is 0 Å². The number of nitrogen functional groups attached to an aromatic ring is 1. The summed E-state index contributed by atoms with van der Waals surface area (Å²) in [6.07, 6.45) is 0. The Morgan fingerprint density at radius 3 is 2.36 bits per heavy atom. The Kier molecular flexibility index (Phi) is 2.18. The zero-order valence-corrected chi connectivity index (χ0v) is 7.39. The number of anilines is 1. The lowest BCUT2D eigenvalue weighted by atomic mass is 9.98. The van der Waals surface area contributed by atoms with Crippen molar-refractivity contribution in [3.8, 4) is 0 Å². The minimum atomic E-state index is 0.568. The van der Waals surface area contributed by atoms with E-state index in [9.17, 15) is 0 Å². The Bertz CT molecular complexity index is 251. The minimum Gasteiger partial charge on any atom is -0.399 e. The van der Waals surface area contributed by atoms with Gasteiger partial charge in [-0.25, -0.2) is 0 Å². The van der Waals surface area contributed by atoms with Crippen molar-refractivity contribution in [3.63, 3.8) is 0 Å². The second-order valence-corrected chi connectivity index (χ2v) is 3.27. The first-order valence-electron chi connectivity index (χ1n) is 3.97. The first-order chi connectivity index (χ1) is 5.11. The van der Waals surface area contributed by atoms with Gasteiger partial charge < -0.3 is 5.73 Å². The first-order valence-corrected chi connectivity index (χ1v) is 3.97. The van der Waals surface area contributed by atoms with Crippen LogP contribution in [0.3, 0.4) is 0 Å². The van der Waals surface area contributed by atoms with E-state index in [0.717, 1.165) is 5.69 Å². The molecule has 0 amide bonds. The highest BCUT2D eigenvalue weighted by Gasteiger charge is 2.02. The Hall–Kier alpha value is -0.980. The average Bonchev–Trinajstić information content (AvgIpc) is 1.94. The second-order valence-electron chi connectivity index (χ2n) is 3.27. The Morgan fingerprint density at radius 2 is 1.91 bits per heavy atom. The lowest BCUT2D eigenvalue weighted by molar-refractivity contribution is 0.857. The smallest absolute Gasteiger partial charge is 0.0317 e. The van der Waals surface area contributed by atoms with Crippen LogP contribution in [0.2, 0.25) is 0 Å². The number of rotatable bonds is 1. The van der Waals surface area contributed by atoms with Crippen LogP contribution >= 0.6 is 0 Å². The van der Waals surface area contributed by atoms with Crippen LogP contribution in [0, 0.1) is 6.92 Å². The summed E-state index contributed by atoms with van der Waals surface area (Å²) in [5, 5.41) is 0. The van der Waals surface area contributed by atoms with Crippen LogP contribution in [0.4, 0.5) is 5.69 Å². The minimum absolute atomic E-state index is 0.568. The van der Waals surface area contributed by atoms with Crippen LogP contribution < -0.4 is 5.73 Å². The van der Waals surface area contributed by atoms with E-state index >= 15 is 0 Å². The number of hydrogen-bond donors (Lipinski definition) is 1. The molecule has 11 heavy (non-hydrogen) atoms. The van der Waals surface area contributed by atoms with Crippen molar-refractivity contribution in [2.24, 2.45) is 0 Å². The van der Waals surface area contributed by atoms with Crippen LogP contribution in [-0.2, 0) is 0 Å². The van der Waals surface area contributed by atoms with Gasteiger partial charge in [0.25, 0.3) is 0 Å². The molecule has 0 saturated carbocycles. The quantitative estimate of drug-likeness (QED) is 0.610. The fraction of sp³-hybridized carbons (Fsp3) is 0.400. The molecule has 2 N–H and O–H groups in total. The molecule has 0 saturated heterocycles. The topological polar surface area (TPSA) is 26.0 Å². The molecular weight excluding hydrogens is 134 g/mol. The van der Waals surface area contributed by atoms with E-state index in [1.807, 2.05) is 6.07 Å². The van der Waals surface area contributed by atoms with Gasteiger partial charge in [-0.3, -0.25) is 0 Å². The highest BCUT2D eigenvalue weighted by molar-refractivity contribution is 5.45. The fourth-order valence-corrected chi connectivity index (χ4v) is 1.28. The van der Waals surface area contributed by atoms with Gasteiger partial charge in [0, 0.05) is 5.69 Å².